The Hall–Kier alpha value is -3.08. The molecule has 0 saturated heterocycles. The van der Waals surface area contributed by atoms with Crippen LogP contribution in [0.1, 0.15) is 21.5 Å². The van der Waals surface area contributed by atoms with Gasteiger partial charge >= 0.3 is 0 Å². The van der Waals surface area contributed by atoms with Gasteiger partial charge in [0.2, 0.25) is 0 Å². The molecule has 24 heavy (non-hydrogen) atoms. The summed E-state index contributed by atoms with van der Waals surface area (Å²) in [7, 11) is 0. The number of aromatic nitrogens is 3. The van der Waals surface area contributed by atoms with Gasteiger partial charge in [-0.1, -0.05) is 12.1 Å². The van der Waals surface area contributed by atoms with Crippen molar-refractivity contribution in [2.24, 2.45) is 0 Å². The van der Waals surface area contributed by atoms with Crippen LogP contribution in [0.4, 0.5) is 0 Å². The number of carbonyl (C=O) groups is 1. The molecule has 0 spiro atoms. The second-order valence-corrected chi connectivity index (χ2v) is 5.65. The monoisotopic (exact) mass is 320 g/mol. The average molecular weight is 320 g/mol. The van der Waals surface area contributed by atoms with E-state index in [1.165, 1.54) is 11.1 Å². The highest BCUT2D eigenvalue weighted by atomic mass is 16.1. The van der Waals surface area contributed by atoms with Gasteiger partial charge in [0.1, 0.15) is 5.56 Å². The lowest BCUT2D eigenvalue weighted by Crippen LogP contribution is -2.24. The first kappa shape index (κ1) is 15.8. The van der Waals surface area contributed by atoms with Gasteiger partial charge in [-0.05, 0) is 49.2 Å². The third-order valence-corrected chi connectivity index (χ3v) is 3.98. The summed E-state index contributed by atoms with van der Waals surface area (Å²) in [6.45, 7) is 8.18. The topological polar surface area (TPSA) is 51.9 Å². The molecule has 1 amide bonds. The predicted octanol–water partition coefficient (Wildman–Crippen LogP) is 3.20. The van der Waals surface area contributed by atoms with E-state index in [-0.39, 0.29) is 5.91 Å². The van der Waals surface area contributed by atoms with Crippen LogP contribution in [0, 0.1) is 13.8 Å². The normalized spacial score (nSPS) is 10.6. The standard InChI is InChI=1S/C19H20N4O/c1-4-9-20-18(24)17-13-21-23(19(17)22-10-5-6-11-22)16-8-7-14(2)15(3)12-16/h4-8,10-13H,1,9H2,2-3H3,(H,20,24). The van der Waals surface area contributed by atoms with E-state index in [4.69, 9.17) is 0 Å². The van der Waals surface area contributed by atoms with Crippen LogP contribution in [-0.2, 0) is 0 Å². The first-order chi connectivity index (χ1) is 11.6. The van der Waals surface area contributed by atoms with Crippen LogP contribution in [-0.4, -0.2) is 26.8 Å². The van der Waals surface area contributed by atoms with E-state index < -0.39 is 0 Å². The van der Waals surface area contributed by atoms with Crippen molar-refractivity contribution in [3.8, 4) is 11.5 Å². The molecule has 0 aliphatic carbocycles. The van der Waals surface area contributed by atoms with Crippen molar-refractivity contribution >= 4 is 5.91 Å². The Morgan fingerprint density at radius 2 is 2.00 bits per heavy atom. The summed E-state index contributed by atoms with van der Waals surface area (Å²) in [6, 6.07) is 9.98. The number of nitrogens with zero attached hydrogens (tertiary/aromatic N) is 3. The van der Waals surface area contributed by atoms with Gasteiger partial charge in [-0.15, -0.1) is 6.58 Å². The number of hydrogen-bond acceptors (Lipinski definition) is 2. The van der Waals surface area contributed by atoms with Gasteiger partial charge in [0, 0.05) is 18.9 Å². The molecule has 0 aliphatic heterocycles. The van der Waals surface area contributed by atoms with E-state index in [9.17, 15) is 4.79 Å². The Balaban J connectivity index is 2.13. The van der Waals surface area contributed by atoms with Crippen LogP contribution < -0.4 is 5.32 Å². The van der Waals surface area contributed by atoms with Crippen molar-refractivity contribution in [2.75, 3.05) is 6.54 Å². The van der Waals surface area contributed by atoms with Crippen LogP contribution >= 0.6 is 0 Å². The van der Waals surface area contributed by atoms with E-state index in [1.54, 1.807) is 17.0 Å². The third kappa shape index (κ3) is 2.88. The maximum absolute atomic E-state index is 12.5. The van der Waals surface area contributed by atoms with Gasteiger partial charge in [-0.25, -0.2) is 4.68 Å². The molecule has 0 unspecified atom stereocenters. The zero-order valence-electron chi connectivity index (χ0n) is 13.9. The lowest BCUT2D eigenvalue weighted by atomic mass is 10.1. The Kier molecular flexibility index (Phi) is 4.33. The SMILES string of the molecule is C=CCNC(=O)c1cnn(-c2ccc(C)c(C)c2)c1-n1cccc1. The molecular weight excluding hydrogens is 300 g/mol. The number of hydrogen-bond donors (Lipinski definition) is 1. The molecule has 5 heteroatoms. The smallest absolute Gasteiger partial charge is 0.256 e. The molecule has 3 aromatic rings. The lowest BCUT2D eigenvalue weighted by molar-refractivity contribution is 0.0958. The number of nitrogens with one attached hydrogen (secondary N) is 1. The molecule has 0 fully saturated rings. The highest BCUT2D eigenvalue weighted by Gasteiger charge is 2.19. The Bertz CT molecular complexity index is 875. The quantitative estimate of drug-likeness (QED) is 0.734. The fraction of sp³-hybridized carbons (Fsp3) is 0.158. The maximum Gasteiger partial charge on any atom is 0.256 e. The molecule has 0 radical (unpaired) electrons. The van der Waals surface area contributed by atoms with Crippen molar-refractivity contribution in [3.63, 3.8) is 0 Å². The largest absolute Gasteiger partial charge is 0.348 e. The van der Waals surface area contributed by atoms with E-state index in [0.717, 1.165) is 5.69 Å². The molecule has 1 aromatic carbocycles. The number of aryl methyl sites for hydroxylation is 2. The highest BCUT2D eigenvalue weighted by Crippen LogP contribution is 2.21. The molecule has 5 nitrogen and oxygen atoms in total. The molecule has 0 saturated carbocycles. The van der Waals surface area contributed by atoms with Crippen LogP contribution in [0.5, 0.6) is 0 Å². The molecule has 3 rings (SSSR count). The molecule has 122 valence electrons. The van der Waals surface area contributed by atoms with Gasteiger partial charge in [-0.2, -0.15) is 5.10 Å². The Morgan fingerprint density at radius 3 is 2.67 bits per heavy atom. The van der Waals surface area contributed by atoms with E-state index in [1.807, 2.05) is 35.2 Å². The third-order valence-electron chi connectivity index (χ3n) is 3.98. The fourth-order valence-corrected chi connectivity index (χ4v) is 2.53. The molecule has 0 bridgehead atoms. The number of carbonyl (C=O) groups excluding carboxylic acids is 1. The molecule has 2 aromatic heterocycles. The number of rotatable bonds is 5. The van der Waals surface area contributed by atoms with Crippen molar-refractivity contribution in [1.29, 1.82) is 0 Å². The van der Waals surface area contributed by atoms with Gasteiger partial charge < -0.3 is 9.88 Å². The zero-order chi connectivity index (χ0) is 17.1. The van der Waals surface area contributed by atoms with Crippen LogP contribution in [0.15, 0.2) is 61.6 Å². The summed E-state index contributed by atoms with van der Waals surface area (Å²) in [5.74, 6) is 0.540. The molecule has 0 aliphatic rings. The minimum Gasteiger partial charge on any atom is -0.348 e. The summed E-state index contributed by atoms with van der Waals surface area (Å²) in [5.41, 5.74) is 3.84. The first-order valence-electron chi connectivity index (χ1n) is 7.80. The van der Waals surface area contributed by atoms with Crippen LogP contribution in [0.2, 0.25) is 0 Å². The van der Waals surface area contributed by atoms with Gasteiger partial charge in [0.05, 0.1) is 11.9 Å². The van der Waals surface area contributed by atoms with E-state index >= 15 is 0 Å². The number of benzene rings is 1. The Morgan fingerprint density at radius 1 is 1.25 bits per heavy atom. The zero-order valence-corrected chi connectivity index (χ0v) is 13.9. The molecular formula is C19H20N4O. The minimum atomic E-state index is -0.173. The van der Waals surface area contributed by atoms with Gasteiger partial charge in [-0.3, -0.25) is 4.79 Å². The molecule has 0 atom stereocenters. The lowest BCUT2D eigenvalue weighted by Gasteiger charge is -2.12. The van der Waals surface area contributed by atoms with Crippen molar-refractivity contribution in [1.82, 2.24) is 19.7 Å². The fourth-order valence-electron chi connectivity index (χ4n) is 2.53. The van der Waals surface area contributed by atoms with Crippen molar-refractivity contribution < 1.29 is 4.79 Å². The summed E-state index contributed by atoms with van der Waals surface area (Å²) in [6.07, 6.45) is 7.06. The summed E-state index contributed by atoms with van der Waals surface area (Å²) >= 11 is 0. The summed E-state index contributed by atoms with van der Waals surface area (Å²) < 4.78 is 3.68. The maximum atomic E-state index is 12.5. The van der Waals surface area contributed by atoms with Crippen LogP contribution in [0.3, 0.4) is 0 Å². The second-order valence-electron chi connectivity index (χ2n) is 5.65. The summed E-state index contributed by atoms with van der Waals surface area (Å²) in [5, 5.41) is 7.26. The highest BCUT2D eigenvalue weighted by molar-refractivity contribution is 5.97. The van der Waals surface area contributed by atoms with E-state index in [2.05, 4.69) is 43.0 Å². The molecule has 2 heterocycles. The van der Waals surface area contributed by atoms with Crippen LogP contribution in [0.25, 0.3) is 11.5 Å². The van der Waals surface area contributed by atoms with E-state index in [0.29, 0.717) is 17.9 Å². The first-order valence-corrected chi connectivity index (χ1v) is 7.80. The Labute approximate surface area is 141 Å². The van der Waals surface area contributed by atoms with Crippen molar-refractivity contribution in [2.45, 2.75) is 13.8 Å². The number of amides is 1. The van der Waals surface area contributed by atoms with Gasteiger partial charge in [0.25, 0.3) is 5.91 Å². The molecule has 1 N–H and O–H groups in total. The van der Waals surface area contributed by atoms with Crippen molar-refractivity contribution in [3.05, 3.63) is 78.3 Å². The average Bonchev–Trinajstić information content (AvgIpc) is 3.23. The predicted molar refractivity (Wildman–Crippen MR) is 94.9 cm³/mol. The summed E-state index contributed by atoms with van der Waals surface area (Å²) in [4.78, 5) is 12.5. The minimum absolute atomic E-state index is 0.173. The van der Waals surface area contributed by atoms with Gasteiger partial charge in [0.15, 0.2) is 5.82 Å². The second kappa shape index (κ2) is 6.58.